The van der Waals surface area contributed by atoms with Gasteiger partial charge in [-0.1, -0.05) is 0 Å². The zero-order valence-electron chi connectivity index (χ0n) is 10.6. The summed E-state index contributed by atoms with van der Waals surface area (Å²) in [6.45, 7) is -1.05. The maximum Gasteiger partial charge on any atom is 0.422 e. The molecule has 2 aromatic heterocycles. The topological polar surface area (TPSA) is 71.1 Å². The smallest absolute Gasteiger partial charge is 0.422 e. The lowest BCUT2D eigenvalue weighted by atomic mass is 10.4. The Morgan fingerprint density at radius 3 is 2.67 bits per heavy atom. The number of nitriles is 1. The van der Waals surface area contributed by atoms with E-state index < -0.39 is 12.8 Å². The number of anilines is 1. The molecule has 2 heterocycles. The molecule has 0 radical (unpaired) electrons. The minimum Gasteiger partial charge on any atom is -0.468 e. The van der Waals surface area contributed by atoms with E-state index in [0.29, 0.717) is 18.0 Å². The first-order valence-electron chi connectivity index (χ1n) is 5.84. The fourth-order valence-electron chi connectivity index (χ4n) is 1.45. The van der Waals surface area contributed by atoms with Crippen molar-refractivity contribution in [3.05, 3.63) is 42.0 Å². The monoisotopic (exact) mass is 297 g/mol. The van der Waals surface area contributed by atoms with Crippen molar-refractivity contribution in [3.8, 4) is 11.9 Å². The summed E-state index contributed by atoms with van der Waals surface area (Å²) >= 11 is 0. The average Bonchev–Trinajstić information content (AvgIpc) is 2.91. The Hall–Kier alpha value is -2.69. The number of nitrogens with zero attached hydrogens (tertiary/aromatic N) is 2. The van der Waals surface area contributed by atoms with Gasteiger partial charge in [-0.3, -0.25) is 0 Å². The largest absolute Gasteiger partial charge is 0.468 e. The van der Waals surface area contributed by atoms with Gasteiger partial charge in [0.05, 0.1) is 18.4 Å². The first kappa shape index (κ1) is 14.7. The van der Waals surface area contributed by atoms with Crippen LogP contribution in [-0.4, -0.2) is 17.8 Å². The van der Waals surface area contributed by atoms with Crippen LogP contribution < -0.4 is 10.1 Å². The molecule has 21 heavy (non-hydrogen) atoms. The molecular weight excluding hydrogens is 287 g/mol. The van der Waals surface area contributed by atoms with Crippen LogP contribution in [-0.2, 0) is 6.54 Å². The van der Waals surface area contributed by atoms with E-state index in [1.54, 1.807) is 12.1 Å². The van der Waals surface area contributed by atoms with Crippen LogP contribution in [0.3, 0.4) is 0 Å². The van der Waals surface area contributed by atoms with E-state index in [9.17, 15) is 13.2 Å². The molecule has 0 atom stereocenters. The quantitative estimate of drug-likeness (QED) is 0.918. The number of alkyl halides is 3. The highest BCUT2D eigenvalue weighted by atomic mass is 19.4. The van der Waals surface area contributed by atoms with Crippen molar-refractivity contribution in [2.75, 3.05) is 11.9 Å². The predicted octanol–water partition coefficient (Wildman–Crippen LogP) is 3.10. The third-order valence-electron chi connectivity index (χ3n) is 2.36. The third-order valence-corrected chi connectivity index (χ3v) is 2.36. The summed E-state index contributed by atoms with van der Waals surface area (Å²) in [6, 6.07) is 7.93. The van der Waals surface area contributed by atoms with Gasteiger partial charge in [-0.15, -0.1) is 0 Å². The maximum absolute atomic E-state index is 12.0. The van der Waals surface area contributed by atoms with Crippen LogP contribution in [0.1, 0.15) is 11.5 Å². The predicted molar refractivity (Wildman–Crippen MR) is 66.5 cm³/mol. The highest BCUT2D eigenvalue weighted by Gasteiger charge is 2.28. The van der Waals surface area contributed by atoms with Gasteiger partial charge in [0.1, 0.15) is 11.8 Å². The van der Waals surface area contributed by atoms with E-state index in [1.165, 1.54) is 18.3 Å². The van der Waals surface area contributed by atoms with Gasteiger partial charge in [0.2, 0.25) is 11.6 Å². The highest BCUT2D eigenvalue weighted by molar-refractivity contribution is 5.42. The second kappa shape index (κ2) is 6.17. The number of rotatable bonds is 5. The molecule has 0 aliphatic carbocycles. The van der Waals surface area contributed by atoms with Crippen molar-refractivity contribution in [2.24, 2.45) is 0 Å². The molecule has 0 saturated carbocycles. The van der Waals surface area contributed by atoms with Crippen molar-refractivity contribution in [2.45, 2.75) is 12.7 Å². The fourth-order valence-corrected chi connectivity index (χ4v) is 1.45. The molecule has 0 fully saturated rings. The van der Waals surface area contributed by atoms with Crippen LogP contribution in [0.25, 0.3) is 0 Å². The van der Waals surface area contributed by atoms with E-state index in [1.807, 2.05) is 6.07 Å². The second-order valence-corrected chi connectivity index (χ2v) is 4.02. The molecule has 0 spiro atoms. The first-order valence-corrected chi connectivity index (χ1v) is 5.84. The summed E-state index contributed by atoms with van der Waals surface area (Å²) in [6.07, 6.45) is -3.05. The van der Waals surface area contributed by atoms with Gasteiger partial charge in [0.25, 0.3) is 0 Å². The minimum absolute atomic E-state index is 0.109. The van der Waals surface area contributed by atoms with E-state index in [4.69, 9.17) is 9.68 Å². The van der Waals surface area contributed by atoms with Crippen LogP contribution in [0.15, 0.2) is 34.9 Å². The first-order chi connectivity index (χ1) is 9.96. The summed E-state index contributed by atoms with van der Waals surface area (Å²) in [4.78, 5) is 3.75. The van der Waals surface area contributed by atoms with Gasteiger partial charge < -0.3 is 14.5 Å². The SMILES string of the molecule is N#Cc1ccc(CNc2ccc(OCC(F)(F)F)nc2)o1. The Labute approximate surface area is 118 Å². The molecule has 0 aliphatic heterocycles. The summed E-state index contributed by atoms with van der Waals surface area (Å²) in [5.74, 6) is 0.660. The van der Waals surface area contributed by atoms with Gasteiger partial charge in [-0.25, -0.2) is 4.98 Å². The molecule has 0 aliphatic rings. The molecule has 110 valence electrons. The molecule has 0 unspecified atom stereocenters. The summed E-state index contributed by atoms with van der Waals surface area (Å²) in [5.41, 5.74) is 0.587. The number of ether oxygens (including phenoxy) is 1. The molecule has 2 aromatic rings. The number of hydrogen-bond acceptors (Lipinski definition) is 5. The van der Waals surface area contributed by atoms with Crippen molar-refractivity contribution >= 4 is 5.69 Å². The standard InChI is InChI=1S/C13H10F3N3O2/c14-13(15,16)8-20-12-4-1-9(6-19-12)18-7-11-3-2-10(5-17)21-11/h1-4,6,18H,7-8H2. The molecular formula is C13H10F3N3O2. The number of pyridine rings is 1. The van der Waals surface area contributed by atoms with Crippen LogP contribution in [0.2, 0.25) is 0 Å². The lowest BCUT2D eigenvalue weighted by Gasteiger charge is -2.09. The number of hydrogen-bond donors (Lipinski definition) is 1. The number of halogens is 3. The summed E-state index contributed by atoms with van der Waals surface area (Å²) in [5, 5.41) is 11.6. The number of furan rings is 1. The van der Waals surface area contributed by atoms with Gasteiger partial charge in [0.15, 0.2) is 6.61 Å². The molecule has 0 saturated heterocycles. The normalized spacial score (nSPS) is 11.0. The van der Waals surface area contributed by atoms with Gasteiger partial charge >= 0.3 is 6.18 Å². The van der Waals surface area contributed by atoms with Crippen LogP contribution >= 0.6 is 0 Å². The van der Waals surface area contributed by atoms with E-state index in [2.05, 4.69) is 15.0 Å². The zero-order chi connectivity index (χ0) is 15.3. The molecule has 0 bridgehead atoms. The van der Waals surface area contributed by atoms with Crippen LogP contribution in [0.4, 0.5) is 18.9 Å². The van der Waals surface area contributed by atoms with Crippen molar-refractivity contribution in [1.29, 1.82) is 5.26 Å². The number of nitrogens with one attached hydrogen (secondary N) is 1. The Kier molecular flexibility index (Phi) is 4.33. The molecule has 0 amide bonds. The second-order valence-electron chi connectivity index (χ2n) is 4.02. The fraction of sp³-hybridized carbons (Fsp3) is 0.231. The van der Waals surface area contributed by atoms with Crippen molar-refractivity contribution in [3.63, 3.8) is 0 Å². The van der Waals surface area contributed by atoms with Crippen LogP contribution in [0, 0.1) is 11.3 Å². The molecule has 0 aromatic carbocycles. The Morgan fingerprint density at radius 2 is 2.10 bits per heavy atom. The van der Waals surface area contributed by atoms with Crippen molar-refractivity contribution in [1.82, 2.24) is 4.98 Å². The average molecular weight is 297 g/mol. The maximum atomic E-state index is 12.0. The van der Waals surface area contributed by atoms with E-state index in [-0.39, 0.29) is 11.6 Å². The molecule has 5 nitrogen and oxygen atoms in total. The lowest BCUT2D eigenvalue weighted by molar-refractivity contribution is -0.154. The van der Waals surface area contributed by atoms with Crippen molar-refractivity contribution < 1.29 is 22.3 Å². The number of aromatic nitrogens is 1. The Morgan fingerprint density at radius 1 is 1.29 bits per heavy atom. The molecule has 1 N–H and O–H groups in total. The Balaban J connectivity index is 1.86. The van der Waals surface area contributed by atoms with Gasteiger partial charge in [-0.05, 0) is 18.2 Å². The van der Waals surface area contributed by atoms with Crippen LogP contribution in [0.5, 0.6) is 5.88 Å². The van der Waals surface area contributed by atoms with E-state index in [0.717, 1.165) is 0 Å². The Bertz CT molecular complexity index is 629. The third kappa shape index (κ3) is 4.72. The molecule has 8 heteroatoms. The molecule has 2 rings (SSSR count). The summed E-state index contributed by atoms with van der Waals surface area (Å²) in [7, 11) is 0. The van der Waals surface area contributed by atoms with Gasteiger partial charge in [-0.2, -0.15) is 18.4 Å². The van der Waals surface area contributed by atoms with E-state index >= 15 is 0 Å². The minimum atomic E-state index is -4.39. The van der Waals surface area contributed by atoms with Gasteiger partial charge in [0, 0.05) is 6.07 Å². The lowest BCUT2D eigenvalue weighted by Crippen LogP contribution is -2.19. The zero-order valence-corrected chi connectivity index (χ0v) is 10.6. The summed E-state index contributed by atoms with van der Waals surface area (Å²) < 4.78 is 45.5. The highest BCUT2D eigenvalue weighted by Crippen LogP contribution is 2.18.